The summed E-state index contributed by atoms with van der Waals surface area (Å²) in [5, 5.41) is 3.51. The maximum absolute atomic E-state index is 5.43. The third-order valence-electron chi connectivity index (χ3n) is 3.73. The van der Waals surface area contributed by atoms with Gasteiger partial charge in [0.1, 0.15) is 5.75 Å². The van der Waals surface area contributed by atoms with Gasteiger partial charge in [0, 0.05) is 23.8 Å². The van der Waals surface area contributed by atoms with Gasteiger partial charge in [-0.3, -0.25) is 4.90 Å². The molecule has 3 rings (SSSR count). The Balaban J connectivity index is 1.85. The Kier molecular flexibility index (Phi) is 2.48. The van der Waals surface area contributed by atoms with Crippen molar-refractivity contribution in [2.45, 2.75) is 18.9 Å². The van der Waals surface area contributed by atoms with Gasteiger partial charge in [0.25, 0.3) is 0 Å². The van der Waals surface area contributed by atoms with Gasteiger partial charge >= 0.3 is 0 Å². The van der Waals surface area contributed by atoms with Crippen LogP contribution in [0.5, 0.6) is 5.75 Å². The molecule has 1 unspecified atom stereocenters. The second-order valence-electron chi connectivity index (χ2n) is 4.61. The van der Waals surface area contributed by atoms with Crippen molar-refractivity contribution in [1.82, 2.24) is 4.90 Å². The lowest BCUT2D eigenvalue weighted by Gasteiger charge is -2.41. The molecule has 0 amide bonds. The summed E-state index contributed by atoms with van der Waals surface area (Å²) in [6.45, 7) is 3.59. The lowest BCUT2D eigenvalue weighted by atomic mass is 9.95. The maximum atomic E-state index is 5.43. The monoisotopic (exact) mass is 218 g/mol. The summed E-state index contributed by atoms with van der Waals surface area (Å²) in [5.41, 5.74) is 2.59. The number of rotatable bonds is 2. The molecule has 3 nitrogen and oxygen atoms in total. The van der Waals surface area contributed by atoms with Crippen LogP contribution in [0.4, 0.5) is 5.69 Å². The van der Waals surface area contributed by atoms with Crippen LogP contribution in [0.3, 0.4) is 0 Å². The first-order valence-corrected chi connectivity index (χ1v) is 6.02. The van der Waals surface area contributed by atoms with Gasteiger partial charge in [-0.1, -0.05) is 6.07 Å². The molecule has 86 valence electrons. The minimum Gasteiger partial charge on any atom is -0.496 e. The van der Waals surface area contributed by atoms with Crippen molar-refractivity contribution in [1.29, 1.82) is 0 Å². The topological polar surface area (TPSA) is 24.5 Å². The van der Waals surface area contributed by atoms with Gasteiger partial charge in [0.2, 0.25) is 0 Å². The minimum atomic E-state index is 0.651. The lowest BCUT2D eigenvalue weighted by molar-refractivity contribution is 0.122. The molecule has 3 heteroatoms. The van der Waals surface area contributed by atoms with Crippen LogP contribution in [-0.4, -0.2) is 37.7 Å². The van der Waals surface area contributed by atoms with Crippen LogP contribution < -0.4 is 10.1 Å². The first-order valence-electron chi connectivity index (χ1n) is 6.02. The molecule has 1 atom stereocenters. The molecule has 0 radical (unpaired) electrons. The van der Waals surface area contributed by atoms with Gasteiger partial charge in [-0.2, -0.15) is 0 Å². The molecule has 16 heavy (non-hydrogen) atoms. The fourth-order valence-electron chi connectivity index (χ4n) is 2.63. The second kappa shape index (κ2) is 3.98. The Hall–Kier alpha value is -1.22. The molecule has 1 N–H and O–H groups in total. The zero-order valence-corrected chi connectivity index (χ0v) is 9.70. The zero-order valence-electron chi connectivity index (χ0n) is 9.70. The van der Waals surface area contributed by atoms with Crippen LogP contribution in [0, 0.1) is 0 Å². The lowest BCUT2D eigenvalue weighted by Crippen LogP contribution is -2.50. The van der Waals surface area contributed by atoms with Crippen LogP contribution in [0.1, 0.15) is 12.0 Å². The first-order chi connectivity index (χ1) is 7.88. The number of hydrogen-bond acceptors (Lipinski definition) is 3. The molecule has 2 aliphatic heterocycles. The number of anilines is 1. The minimum absolute atomic E-state index is 0.651. The van der Waals surface area contributed by atoms with Gasteiger partial charge in [-0.25, -0.2) is 0 Å². The molecular formula is C13H18N2O. The Morgan fingerprint density at radius 2 is 2.25 bits per heavy atom. The van der Waals surface area contributed by atoms with Crippen molar-refractivity contribution < 1.29 is 4.74 Å². The van der Waals surface area contributed by atoms with Crippen LogP contribution in [0.15, 0.2) is 18.2 Å². The normalized spacial score (nSPS) is 24.2. The fourth-order valence-corrected chi connectivity index (χ4v) is 2.63. The van der Waals surface area contributed by atoms with E-state index in [4.69, 9.17) is 4.74 Å². The molecule has 1 saturated heterocycles. The van der Waals surface area contributed by atoms with Crippen molar-refractivity contribution in [2.75, 3.05) is 32.1 Å². The summed E-state index contributed by atoms with van der Waals surface area (Å²) in [6, 6.07) is 6.90. The van der Waals surface area contributed by atoms with E-state index in [1.165, 1.54) is 30.8 Å². The Morgan fingerprint density at radius 1 is 1.38 bits per heavy atom. The molecule has 0 aromatic heterocycles. The maximum Gasteiger partial charge on any atom is 0.124 e. The number of benzene rings is 1. The predicted molar refractivity (Wildman–Crippen MR) is 65.2 cm³/mol. The van der Waals surface area contributed by atoms with Crippen LogP contribution >= 0.6 is 0 Å². The number of nitrogens with one attached hydrogen (secondary N) is 1. The van der Waals surface area contributed by atoms with E-state index in [0.717, 1.165) is 18.7 Å². The number of ether oxygens (including phenoxy) is 1. The van der Waals surface area contributed by atoms with Gasteiger partial charge in [0.15, 0.2) is 0 Å². The Labute approximate surface area is 96.4 Å². The van der Waals surface area contributed by atoms with E-state index >= 15 is 0 Å². The molecule has 1 aromatic carbocycles. The Morgan fingerprint density at radius 3 is 2.94 bits per heavy atom. The molecule has 1 fully saturated rings. The predicted octanol–water partition coefficient (Wildman–Crippen LogP) is 1.74. The van der Waals surface area contributed by atoms with Gasteiger partial charge < -0.3 is 10.1 Å². The molecular weight excluding hydrogens is 200 g/mol. The molecule has 0 bridgehead atoms. The highest BCUT2D eigenvalue weighted by molar-refractivity contribution is 5.59. The number of methoxy groups -OCH3 is 1. The van der Waals surface area contributed by atoms with Crippen LogP contribution in [0.25, 0.3) is 0 Å². The second-order valence-corrected chi connectivity index (χ2v) is 4.61. The largest absolute Gasteiger partial charge is 0.496 e. The number of fused-ring (bicyclic) bond motifs is 1. The highest BCUT2D eigenvalue weighted by Crippen LogP contribution is 2.32. The van der Waals surface area contributed by atoms with E-state index in [0.29, 0.717) is 6.04 Å². The summed E-state index contributed by atoms with van der Waals surface area (Å²) in [6.07, 6.45) is 2.47. The van der Waals surface area contributed by atoms with Crippen LogP contribution in [-0.2, 0) is 6.42 Å². The molecule has 1 aromatic rings. The quantitative estimate of drug-likeness (QED) is 0.818. The third-order valence-corrected chi connectivity index (χ3v) is 3.73. The number of likely N-dealkylation sites (tertiary alicyclic amines) is 1. The SMILES string of the molecule is COc1cccc2c1CC(N1CCC1)CN2. The van der Waals surface area contributed by atoms with E-state index < -0.39 is 0 Å². The molecule has 2 heterocycles. The van der Waals surface area contributed by atoms with E-state index in [1.807, 2.05) is 0 Å². The third kappa shape index (κ3) is 1.55. The molecule has 0 aliphatic carbocycles. The smallest absolute Gasteiger partial charge is 0.124 e. The van der Waals surface area contributed by atoms with Gasteiger partial charge in [0.05, 0.1) is 7.11 Å². The fraction of sp³-hybridized carbons (Fsp3) is 0.538. The number of hydrogen-bond donors (Lipinski definition) is 1. The summed E-state index contributed by atoms with van der Waals surface area (Å²) < 4.78 is 5.43. The standard InChI is InChI=1S/C13H18N2O/c1-16-13-5-2-4-12-11(13)8-10(9-14-12)15-6-3-7-15/h2,4-5,10,14H,3,6-9H2,1H3. The summed E-state index contributed by atoms with van der Waals surface area (Å²) >= 11 is 0. The average molecular weight is 218 g/mol. The average Bonchev–Trinajstić information content (AvgIpc) is 2.26. The van der Waals surface area contributed by atoms with Crippen LogP contribution in [0.2, 0.25) is 0 Å². The highest BCUT2D eigenvalue weighted by Gasteiger charge is 2.28. The first kappa shape index (κ1) is 9.97. The van der Waals surface area contributed by atoms with E-state index in [2.05, 4.69) is 28.4 Å². The summed E-state index contributed by atoms with van der Waals surface area (Å²) in [4.78, 5) is 2.56. The van der Waals surface area contributed by atoms with Crippen molar-refractivity contribution >= 4 is 5.69 Å². The molecule has 0 saturated carbocycles. The van der Waals surface area contributed by atoms with Gasteiger partial charge in [-0.05, 0) is 38.1 Å². The van der Waals surface area contributed by atoms with Crippen molar-refractivity contribution in [3.63, 3.8) is 0 Å². The van der Waals surface area contributed by atoms with Crippen molar-refractivity contribution in [2.24, 2.45) is 0 Å². The summed E-state index contributed by atoms with van der Waals surface area (Å²) in [7, 11) is 1.75. The molecule has 2 aliphatic rings. The summed E-state index contributed by atoms with van der Waals surface area (Å²) in [5.74, 6) is 1.02. The van der Waals surface area contributed by atoms with Crippen molar-refractivity contribution in [3.05, 3.63) is 23.8 Å². The zero-order chi connectivity index (χ0) is 11.0. The highest BCUT2D eigenvalue weighted by atomic mass is 16.5. The van der Waals surface area contributed by atoms with Crippen molar-refractivity contribution in [3.8, 4) is 5.75 Å². The van der Waals surface area contributed by atoms with E-state index in [1.54, 1.807) is 7.11 Å². The van der Waals surface area contributed by atoms with Gasteiger partial charge in [-0.15, -0.1) is 0 Å². The van der Waals surface area contributed by atoms with E-state index in [9.17, 15) is 0 Å². The Bertz CT molecular complexity index is 373. The molecule has 0 spiro atoms. The van der Waals surface area contributed by atoms with E-state index in [-0.39, 0.29) is 0 Å². The number of nitrogens with zero attached hydrogens (tertiary/aromatic N) is 1.